The van der Waals surface area contributed by atoms with Crippen LogP contribution >= 0.6 is 15.9 Å². The van der Waals surface area contributed by atoms with Gasteiger partial charge < -0.3 is 4.74 Å². The van der Waals surface area contributed by atoms with Gasteiger partial charge in [-0.25, -0.2) is 17.9 Å². The molecular weight excluding hydrogens is 382 g/mol. The predicted molar refractivity (Wildman–Crippen MR) is 90.7 cm³/mol. The molecule has 2 aromatic carbocycles. The van der Waals surface area contributed by atoms with Crippen molar-refractivity contribution in [1.29, 1.82) is 0 Å². The van der Waals surface area contributed by atoms with Gasteiger partial charge in [-0.15, -0.1) is 0 Å². The third kappa shape index (κ3) is 4.19. The summed E-state index contributed by atoms with van der Waals surface area (Å²) in [7, 11) is -2.52. The molecule has 0 bridgehead atoms. The summed E-state index contributed by atoms with van der Waals surface area (Å²) in [5.41, 5.74) is 1.00. The van der Waals surface area contributed by atoms with E-state index in [2.05, 4.69) is 25.4 Å². The summed E-state index contributed by atoms with van der Waals surface area (Å²) in [6.07, 6.45) is 0. The summed E-state index contributed by atoms with van der Waals surface area (Å²) >= 11 is 3.40. The van der Waals surface area contributed by atoms with Crippen LogP contribution in [0.5, 0.6) is 0 Å². The summed E-state index contributed by atoms with van der Waals surface area (Å²) in [6, 6.07) is 12.7. The molecule has 7 heteroatoms. The number of sulfonamides is 1. The van der Waals surface area contributed by atoms with Crippen LogP contribution in [0.2, 0.25) is 0 Å². The Hall–Kier alpha value is -1.70. The third-order valence-corrected chi connectivity index (χ3v) is 5.53. The lowest BCUT2D eigenvalue weighted by molar-refractivity contribution is 0.0600. The van der Waals surface area contributed by atoms with Gasteiger partial charge in [-0.05, 0) is 36.8 Å². The molecule has 0 aliphatic heterocycles. The average molecular weight is 398 g/mol. The molecule has 0 saturated heterocycles. The van der Waals surface area contributed by atoms with E-state index < -0.39 is 22.0 Å². The van der Waals surface area contributed by atoms with Gasteiger partial charge in [-0.1, -0.05) is 40.2 Å². The van der Waals surface area contributed by atoms with Crippen LogP contribution in [0.15, 0.2) is 57.9 Å². The number of ether oxygens (including phenoxy) is 1. The molecule has 0 aromatic heterocycles. The summed E-state index contributed by atoms with van der Waals surface area (Å²) < 4.78 is 33.1. The number of hydrogen-bond acceptors (Lipinski definition) is 4. The fourth-order valence-corrected chi connectivity index (χ4v) is 4.00. The number of hydrogen-bond donors (Lipinski definition) is 1. The first-order valence-electron chi connectivity index (χ1n) is 6.80. The van der Waals surface area contributed by atoms with E-state index in [1.807, 2.05) is 24.3 Å². The van der Waals surface area contributed by atoms with E-state index in [1.54, 1.807) is 6.92 Å². The molecule has 2 rings (SSSR count). The molecule has 0 heterocycles. The number of esters is 1. The first kappa shape index (κ1) is 17.7. The number of rotatable bonds is 5. The van der Waals surface area contributed by atoms with E-state index in [9.17, 15) is 13.2 Å². The molecule has 1 atom stereocenters. The van der Waals surface area contributed by atoms with Crippen LogP contribution in [0.4, 0.5) is 0 Å². The SMILES string of the molecule is COC(=O)c1cccc(S(=O)(=O)N[C@H](C)c2ccccc2Br)c1. The van der Waals surface area contributed by atoms with Gasteiger partial charge in [-0.2, -0.15) is 0 Å². The van der Waals surface area contributed by atoms with Crippen molar-refractivity contribution in [1.82, 2.24) is 4.72 Å². The predicted octanol–water partition coefficient (Wildman–Crippen LogP) is 3.28. The third-order valence-electron chi connectivity index (χ3n) is 3.27. The van der Waals surface area contributed by atoms with Crippen LogP contribution in [0.1, 0.15) is 28.9 Å². The summed E-state index contributed by atoms with van der Waals surface area (Å²) in [5.74, 6) is -0.582. The van der Waals surface area contributed by atoms with Crippen LogP contribution < -0.4 is 4.72 Å². The molecule has 5 nitrogen and oxygen atoms in total. The van der Waals surface area contributed by atoms with Crippen LogP contribution in [-0.4, -0.2) is 21.5 Å². The second kappa shape index (κ2) is 7.25. The van der Waals surface area contributed by atoms with Gasteiger partial charge in [0.05, 0.1) is 17.6 Å². The molecule has 0 saturated carbocycles. The lowest BCUT2D eigenvalue weighted by Crippen LogP contribution is -2.27. The largest absolute Gasteiger partial charge is 0.465 e. The van der Waals surface area contributed by atoms with Crippen molar-refractivity contribution in [3.05, 3.63) is 64.1 Å². The van der Waals surface area contributed by atoms with Crippen molar-refractivity contribution in [2.45, 2.75) is 17.9 Å². The zero-order chi connectivity index (χ0) is 17.0. The molecular formula is C16H16BrNO4S. The standard InChI is InChI=1S/C16H16BrNO4S/c1-11(14-8-3-4-9-15(14)17)18-23(20,21)13-7-5-6-12(10-13)16(19)22-2/h3-11,18H,1-2H3/t11-/m1/s1. The van der Waals surface area contributed by atoms with Crippen LogP contribution in [0.25, 0.3) is 0 Å². The number of benzene rings is 2. The molecule has 0 amide bonds. The van der Waals surface area contributed by atoms with Crippen molar-refractivity contribution >= 4 is 31.9 Å². The van der Waals surface area contributed by atoms with Gasteiger partial charge >= 0.3 is 5.97 Å². The number of nitrogens with one attached hydrogen (secondary N) is 1. The Balaban J connectivity index is 2.29. The van der Waals surface area contributed by atoms with Gasteiger partial charge in [0.2, 0.25) is 10.0 Å². The van der Waals surface area contributed by atoms with Gasteiger partial charge in [0.15, 0.2) is 0 Å². The molecule has 2 aromatic rings. The second-order valence-electron chi connectivity index (χ2n) is 4.88. The molecule has 0 aliphatic carbocycles. The van der Waals surface area contributed by atoms with Gasteiger partial charge in [0.1, 0.15) is 0 Å². The zero-order valence-electron chi connectivity index (χ0n) is 12.6. The monoisotopic (exact) mass is 397 g/mol. The van der Waals surface area contributed by atoms with Crippen molar-refractivity contribution < 1.29 is 17.9 Å². The van der Waals surface area contributed by atoms with Crippen LogP contribution in [-0.2, 0) is 14.8 Å². The Labute approximate surface area is 143 Å². The number of carbonyl (C=O) groups is 1. The molecule has 23 heavy (non-hydrogen) atoms. The topological polar surface area (TPSA) is 72.5 Å². The molecule has 0 radical (unpaired) electrons. The maximum absolute atomic E-state index is 12.5. The smallest absolute Gasteiger partial charge is 0.337 e. The van der Waals surface area contributed by atoms with Crippen LogP contribution in [0.3, 0.4) is 0 Å². The van der Waals surface area contributed by atoms with Crippen molar-refractivity contribution in [3.8, 4) is 0 Å². The van der Waals surface area contributed by atoms with Gasteiger partial charge in [-0.3, -0.25) is 0 Å². The highest BCUT2D eigenvalue weighted by atomic mass is 79.9. The molecule has 122 valence electrons. The normalized spacial score (nSPS) is 12.7. The van der Waals surface area contributed by atoms with Crippen LogP contribution in [0, 0.1) is 0 Å². The van der Waals surface area contributed by atoms with E-state index in [-0.39, 0.29) is 10.5 Å². The Morgan fingerprint density at radius 3 is 2.52 bits per heavy atom. The highest BCUT2D eigenvalue weighted by Crippen LogP contribution is 2.24. The van der Waals surface area contributed by atoms with Crippen molar-refractivity contribution in [2.24, 2.45) is 0 Å². The minimum Gasteiger partial charge on any atom is -0.465 e. The lowest BCUT2D eigenvalue weighted by atomic mass is 10.1. The lowest BCUT2D eigenvalue weighted by Gasteiger charge is -2.16. The van der Waals surface area contributed by atoms with Crippen molar-refractivity contribution in [3.63, 3.8) is 0 Å². The van der Waals surface area contributed by atoms with Gasteiger partial charge in [0.25, 0.3) is 0 Å². The first-order chi connectivity index (χ1) is 10.8. The molecule has 0 aliphatic rings. The Bertz CT molecular complexity index is 820. The zero-order valence-corrected chi connectivity index (χ0v) is 15.0. The fraction of sp³-hybridized carbons (Fsp3) is 0.188. The number of carbonyl (C=O) groups excluding carboxylic acids is 1. The Kier molecular flexibility index (Phi) is 5.56. The average Bonchev–Trinajstić information content (AvgIpc) is 2.54. The first-order valence-corrected chi connectivity index (χ1v) is 9.08. The Morgan fingerprint density at radius 1 is 1.17 bits per heavy atom. The minimum atomic E-state index is -3.77. The number of halogens is 1. The van der Waals surface area contributed by atoms with E-state index in [4.69, 9.17) is 0 Å². The maximum atomic E-state index is 12.5. The second-order valence-corrected chi connectivity index (χ2v) is 7.45. The maximum Gasteiger partial charge on any atom is 0.337 e. The highest BCUT2D eigenvalue weighted by molar-refractivity contribution is 9.10. The molecule has 0 unspecified atom stereocenters. The molecule has 0 fully saturated rings. The minimum absolute atomic E-state index is 0.0132. The number of methoxy groups -OCH3 is 1. The highest BCUT2D eigenvalue weighted by Gasteiger charge is 2.20. The fourth-order valence-electron chi connectivity index (χ4n) is 2.10. The van der Waals surface area contributed by atoms with Crippen molar-refractivity contribution in [2.75, 3.05) is 7.11 Å². The molecule has 1 N–H and O–H groups in total. The summed E-state index contributed by atoms with van der Waals surface area (Å²) in [4.78, 5) is 11.6. The molecule has 0 spiro atoms. The summed E-state index contributed by atoms with van der Waals surface area (Å²) in [6.45, 7) is 1.75. The Morgan fingerprint density at radius 2 is 1.87 bits per heavy atom. The quantitative estimate of drug-likeness (QED) is 0.785. The van der Waals surface area contributed by atoms with E-state index in [0.717, 1.165) is 10.0 Å². The van der Waals surface area contributed by atoms with Gasteiger partial charge in [0, 0.05) is 10.5 Å². The van der Waals surface area contributed by atoms with E-state index in [1.165, 1.54) is 31.4 Å². The summed E-state index contributed by atoms with van der Waals surface area (Å²) in [5, 5.41) is 0. The van der Waals surface area contributed by atoms with E-state index >= 15 is 0 Å². The van der Waals surface area contributed by atoms with E-state index in [0.29, 0.717) is 0 Å².